The highest BCUT2D eigenvalue weighted by Gasteiger charge is 2.29. The van der Waals surface area contributed by atoms with Gasteiger partial charge in [0.15, 0.2) is 0 Å². The van der Waals surface area contributed by atoms with Gasteiger partial charge in [-0.1, -0.05) is 11.6 Å². The second-order valence-electron chi connectivity index (χ2n) is 5.93. The van der Waals surface area contributed by atoms with E-state index in [9.17, 15) is 0 Å². The highest BCUT2D eigenvalue weighted by Crippen LogP contribution is 2.29. The first-order valence-electron chi connectivity index (χ1n) is 7.70. The van der Waals surface area contributed by atoms with Gasteiger partial charge >= 0.3 is 0 Å². The Morgan fingerprint density at radius 1 is 1.25 bits per heavy atom. The van der Waals surface area contributed by atoms with Crippen molar-refractivity contribution in [3.05, 3.63) is 28.8 Å². The van der Waals surface area contributed by atoms with E-state index in [-0.39, 0.29) is 0 Å². The van der Waals surface area contributed by atoms with Gasteiger partial charge in [0, 0.05) is 42.9 Å². The molecule has 0 aromatic heterocycles. The molecular weight excluding hydrogens is 270 g/mol. The molecule has 2 saturated heterocycles. The van der Waals surface area contributed by atoms with Gasteiger partial charge in [-0.25, -0.2) is 0 Å². The quantitative estimate of drug-likeness (QED) is 0.924. The number of hydrogen-bond donors (Lipinski definition) is 1. The zero-order chi connectivity index (χ0) is 13.9. The van der Waals surface area contributed by atoms with E-state index >= 15 is 0 Å². The van der Waals surface area contributed by atoms with Crippen molar-refractivity contribution in [1.29, 1.82) is 0 Å². The molecule has 1 aromatic rings. The van der Waals surface area contributed by atoms with Crippen LogP contribution in [-0.4, -0.2) is 44.2 Å². The van der Waals surface area contributed by atoms with Gasteiger partial charge in [-0.15, -0.1) is 0 Å². The van der Waals surface area contributed by atoms with E-state index in [0.29, 0.717) is 0 Å². The number of hydrogen-bond acceptors (Lipinski definition) is 3. The number of benzene rings is 1. The first kappa shape index (κ1) is 14.2. The van der Waals surface area contributed by atoms with Crippen LogP contribution in [0.15, 0.2) is 18.2 Å². The molecular formula is C16H24ClN3. The van der Waals surface area contributed by atoms with Crippen LogP contribution in [0.4, 0.5) is 5.69 Å². The fourth-order valence-corrected chi connectivity index (χ4v) is 3.81. The minimum Gasteiger partial charge on any atom is -0.370 e. The average molecular weight is 294 g/mol. The lowest BCUT2D eigenvalue weighted by atomic mass is 10.1. The fourth-order valence-electron chi connectivity index (χ4n) is 3.62. The predicted molar refractivity (Wildman–Crippen MR) is 85.6 cm³/mol. The van der Waals surface area contributed by atoms with E-state index < -0.39 is 0 Å². The molecule has 110 valence electrons. The minimum atomic E-state index is 0.746. The van der Waals surface area contributed by atoms with Crippen LogP contribution in [0.25, 0.3) is 0 Å². The highest BCUT2D eigenvalue weighted by atomic mass is 35.5. The zero-order valence-electron chi connectivity index (χ0n) is 12.2. The largest absolute Gasteiger partial charge is 0.370 e. The first-order chi connectivity index (χ1) is 9.78. The number of fused-ring (bicyclic) bond motifs is 1. The summed E-state index contributed by atoms with van der Waals surface area (Å²) in [6, 6.07) is 7.06. The van der Waals surface area contributed by atoms with Gasteiger partial charge in [-0.05, 0) is 56.6 Å². The Hall–Kier alpha value is -0.770. The molecule has 3 rings (SSSR count). The number of anilines is 1. The maximum absolute atomic E-state index is 6.16. The Balaban J connectivity index is 1.83. The van der Waals surface area contributed by atoms with Crippen LogP contribution in [0.1, 0.15) is 24.8 Å². The van der Waals surface area contributed by atoms with Crippen LogP contribution in [0, 0.1) is 0 Å². The predicted octanol–water partition coefficient (Wildman–Crippen LogP) is 2.73. The van der Waals surface area contributed by atoms with Crippen LogP contribution in [0.2, 0.25) is 5.02 Å². The molecule has 4 heteroatoms. The summed E-state index contributed by atoms with van der Waals surface area (Å²) in [5.41, 5.74) is 2.67. The molecule has 0 aliphatic carbocycles. The van der Waals surface area contributed by atoms with Crippen molar-refractivity contribution in [2.45, 2.75) is 31.8 Å². The van der Waals surface area contributed by atoms with Gasteiger partial charge in [0.25, 0.3) is 0 Å². The molecule has 20 heavy (non-hydrogen) atoms. The molecule has 2 aliphatic rings. The summed E-state index contributed by atoms with van der Waals surface area (Å²) in [4.78, 5) is 5.24. The molecule has 0 saturated carbocycles. The molecule has 3 nitrogen and oxygen atoms in total. The normalized spacial score (nSPS) is 23.7. The second kappa shape index (κ2) is 6.33. The van der Waals surface area contributed by atoms with E-state index in [4.69, 9.17) is 11.6 Å². The summed E-state index contributed by atoms with van der Waals surface area (Å²) in [7, 11) is 1.99. The van der Waals surface area contributed by atoms with Crippen molar-refractivity contribution >= 4 is 17.3 Å². The molecule has 1 unspecified atom stereocenters. The Kier molecular flexibility index (Phi) is 4.49. The zero-order valence-corrected chi connectivity index (χ0v) is 13.0. The van der Waals surface area contributed by atoms with Crippen molar-refractivity contribution in [2.75, 3.05) is 38.1 Å². The lowest BCUT2D eigenvalue weighted by molar-refractivity contribution is 0.273. The summed E-state index contributed by atoms with van der Waals surface area (Å²) in [6.45, 7) is 5.75. The molecule has 2 aliphatic heterocycles. The SMILES string of the molecule is CNCc1cc(Cl)ccc1N1CCCN2CCCC2C1. The van der Waals surface area contributed by atoms with Gasteiger partial charge in [0.05, 0.1) is 0 Å². The summed E-state index contributed by atoms with van der Waals surface area (Å²) in [5, 5.41) is 4.09. The van der Waals surface area contributed by atoms with Crippen molar-refractivity contribution in [2.24, 2.45) is 0 Å². The maximum Gasteiger partial charge on any atom is 0.0413 e. The summed E-state index contributed by atoms with van der Waals surface area (Å²) in [6.07, 6.45) is 3.98. The number of nitrogens with one attached hydrogen (secondary N) is 1. The van der Waals surface area contributed by atoms with Gasteiger partial charge in [0.1, 0.15) is 0 Å². The van der Waals surface area contributed by atoms with Gasteiger partial charge < -0.3 is 10.2 Å². The molecule has 0 amide bonds. The third-order valence-corrected chi connectivity index (χ3v) is 4.79. The van der Waals surface area contributed by atoms with Crippen LogP contribution >= 0.6 is 11.6 Å². The molecule has 1 atom stereocenters. The molecule has 1 N–H and O–H groups in total. The smallest absolute Gasteiger partial charge is 0.0413 e. The average Bonchev–Trinajstić information content (AvgIpc) is 2.77. The van der Waals surface area contributed by atoms with Crippen molar-refractivity contribution in [1.82, 2.24) is 10.2 Å². The monoisotopic (exact) mass is 293 g/mol. The van der Waals surface area contributed by atoms with E-state index in [0.717, 1.165) is 24.2 Å². The van der Waals surface area contributed by atoms with E-state index in [2.05, 4.69) is 27.2 Å². The number of halogens is 1. The molecule has 0 bridgehead atoms. The maximum atomic E-state index is 6.16. The minimum absolute atomic E-state index is 0.746. The van der Waals surface area contributed by atoms with Crippen LogP contribution in [0.3, 0.4) is 0 Å². The Labute approximate surface area is 126 Å². The Morgan fingerprint density at radius 3 is 2.95 bits per heavy atom. The standard InChI is InChI=1S/C16H24ClN3/c1-18-11-13-10-14(17)5-6-16(13)20-9-3-8-19-7-2-4-15(19)12-20/h5-6,10,15,18H,2-4,7-9,11-12H2,1H3. The molecule has 2 fully saturated rings. The Morgan fingerprint density at radius 2 is 2.10 bits per heavy atom. The fraction of sp³-hybridized carbons (Fsp3) is 0.625. The van der Waals surface area contributed by atoms with Gasteiger partial charge in [-0.2, -0.15) is 0 Å². The van der Waals surface area contributed by atoms with Gasteiger partial charge in [0.2, 0.25) is 0 Å². The van der Waals surface area contributed by atoms with Crippen molar-refractivity contribution < 1.29 is 0 Å². The van der Waals surface area contributed by atoms with Gasteiger partial charge in [-0.3, -0.25) is 4.90 Å². The van der Waals surface area contributed by atoms with E-state index in [1.165, 1.54) is 50.1 Å². The number of rotatable bonds is 3. The lowest BCUT2D eigenvalue weighted by Crippen LogP contribution is -2.37. The molecule has 0 spiro atoms. The summed E-state index contributed by atoms with van der Waals surface area (Å²) < 4.78 is 0. The second-order valence-corrected chi connectivity index (χ2v) is 6.37. The van der Waals surface area contributed by atoms with Crippen LogP contribution in [0.5, 0.6) is 0 Å². The number of nitrogens with zero attached hydrogens (tertiary/aromatic N) is 2. The van der Waals surface area contributed by atoms with Crippen molar-refractivity contribution in [3.63, 3.8) is 0 Å². The van der Waals surface area contributed by atoms with Crippen LogP contribution in [-0.2, 0) is 6.54 Å². The van der Waals surface area contributed by atoms with Crippen molar-refractivity contribution in [3.8, 4) is 0 Å². The first-order valence-corrected chi connectivity index (χ1v) is 8.08. The summed E-state index contributed by atoms with van der Waals surface area (Å²) >= 11 is 6.16. The molecule has 0 radical (unpaired) electrons. The third-order valence-electron chi connectivity index (χ3n) is 4.55. The highest BCUT2D eigenvalue weighted by molar-refractivity contribution is 6.30. The lowest BCUT2D eigenvalue weighted by Gasteiger charge is -2.29. The molecule has 1 aromatic carbocycles. The Bertz CT molecular complexity index is 463. The van der Waals surface area contributed by atoms with E-state index in [1.54, 1.807) is 0 Å². The third kappa shape index (κ3) is 2.95. The van der Waals surface area contributed by atoms with E-state index in [1.807, 2.05) is 13.1 Å². The topological polar surface area (TPSA) is 18.5 Å². The molecule has 2 heterocycles. The van der Waals surface area contributed by atoms with Crippen LogP contribution < -0.4 is 10.2 Å². The summed E-state index contributed by atoms with van der Waals surface area (Å²) in [5.74, 6) is 0.